The van der Waals surface area contributed by atoms with Gasteiger partial charge >= 0.3 is 0 Å². The Balaban J connectivity index is 1.46. The lowest BCUT2D eigenvalue weighted by Gasteiger charge is -2.26. The molecule has 4 aromatic rings. The van der Waals surface area contributed by atoms with Gasteiger partial charge in [-0.15, -0.1) is 0 Å². The number of allylic oxidation sites excluding steroid dienone is 1. The largest absolute Gasteiger partial charge is 0.467 e. The molecule has 0 aliphatic heterocycles. The standard InChI is InChI=1S/C27H25N3O4/c1-17-12-18(14-19-6-4-10-33-19)26-22(13-17)25(21-8-2-3-9-23(21)30-26)27(32)29-16-24(31)28-15-20-7-5-11-34-20/h2-11,14,17H,12-13,15-16H2,1H3,(H,28,31)(H,29,32). The second-order valence-corrected chi connectivity index (χ2v) is 8.57. The number of furan rings is 2. The van der Waals surface area contributed by atoms with E-state index in [4.69, 9.17) is 13.8 Å². The molecule has 1 unspecified atom stereocenters. The fraction of sp³-hybridized carbons (Fsp3) is 0.222. The molecule has 2 amide bonds. The third kappa shape index (κ3) is 4.50. The van der Waals surface area contributed by atoms with Crippen molar-refractivity contribution in [1.82, 2.24) is 15.6 Å². The van der Waals surface area contributed by atoms with Crippen LogP contribution in [0.3, 0.4) is 0 Å². The molecule has 34 heavy (non-hydrogen) atoms. The summed E-state index contributed by atoms with van der Waals surface area (Å²) in [5.74, 6) is 1.17. The molecule has 1 aromatic carbocycles. The topological polar surface area (TPSA) is 97.4 Å². The van der Waals surface area contributed by atoms with Crippen molar-refractivity contribution in [2.24, 2.45) is 5.92 Å². The number of hydrogen-bond donors (Lipinski definition) is 2. The third-order valence-corrected chi connectivity index (χ3v) is 5.95. The number of carbonyl (C=O) groups is 2. The second-order valence-electron chi connectivity index (χ2n) is 8.57. The summed E-state index contributed by atoms with van der Waals surface area (Å²) in [5, 5.41) is 6.33. The Bertz CT molecular complexity index is 1350. The van der Waals surface area contributed by atoms with Gasteiger partial charge < -0.3 is 19.5 Å². The van der Waals surface area contributed by atoms with Gasteiger partial charge in [0.2, 0.25) is 5.91 Å². The number of fused-ring (bicyclic) bond motifs is 2. The van der Waals surface area contributed by atoms with E-state index in [1.807, 2.05) is 42.5 Å². The maximum Gasteiger partial charge on any atom is 0.252 e. The van der Waals surface area contributed by atoms with Crippen LogP contribution in [0, 0.1) is 5.92 Å². The minimum atomic E-state index is -0.288. The minimum absolute atomic E-state index is 0.129. The Kier molecular flexibility index (Phi) is 5.99. The molecule has 1 aliphatic rings. The molecule has 172 valence electrons. The Morgan fingerprint density at radius 1 is 1.03 bits per heavy atom. The zero-order valence-corrected chi connectivity index (χ0v) is 18.8. The first-order valence-electron chi connectivity index (χ1n) is 11.3. The highest BCUT2D eigenvalue weighted by molar-refractivity contribution is 6.09. The summed E-state index contributed by atoms with van der Waals surface area (Å²) >= 11 is 0. The van der Waals surface area contributed by atoms with Crippen LogP contribution in [-0.2, 0) is 17.8 Å². The van der Waals surface area contributed by atoms with E-state index in [-0.39, 0.29) is 24.9 Å². The lowest BCUT2D eigenvalue weighted by molar-refractivity contribution is -0.120. The van der Waals surface area contributed by atoms with Gasteiger partial charge in [0, 0.05) is 5.39 Å². The number of nitrogens with one attached hydrogen (secondary N) is 2. The second kappa shape index (κ2) is 9.39. The molecule has 3 aromatic heterocycles. The predicted octanol–water partition coefficient (Wildman–Crippen LogP) is 4.59. The van der Waals surface area contributed by atoms with Crippen LogP contribution in [0.2, 0.25) is 0 Å². The summed E-state index contributed by atoms with van der Waals surface area (Å²) in [6.07, 6.45) is 6.77. The summed E-state index contributed by atoms with van der Waals surface area (Å²) in [4.78, 5) is 30.7. The lowest BCUT2D eigenvalue weighted by Crippen LogP contribution is -2.37. The van der Waals surface area contributed by atoms with E-state index in [0.29, 0.717) is 17.2 Å². The number of rotatable bonds is 6. The Hall–Kier alpha value is -4.13. The number of hydrogen-bond acceptors (Lipinski definition) is 5. The average Bonchev–Trinajstić information content (AvgIpc) is 3.54. The van der Waals surface area contributed by atoms with Crippen LogP contribution >= 0.6 is 0 Å². The van der Waals surface area contributed by atoms with Crippen molar-refractivity contribution >= 4 is 34.4 Å². The zero-order valence-electron chi connectivity index (χ0n) is 18.8. The molecule has 0 spiro atoms. The molecule has 3 heterocycles. The quantitative estimate of drug-likeness (QED) is 0.443. The van der Waals surface area contributed by atoms with Gasteiger partial charge in [-0.05, 0) is 66.3 Å². The molecule has 0 saturated carbocycles. The normalized spacial score (nSPS) is 16.4. The van der Waals surface area contributed by atoms with Crippen molar-refractivity contribution in [2.75, 3.05) is 6.54 Å². The van der Waals surface area contributed by atoms with E-state index in [2.05, 4.69) is 17.6 Å². The molecule has 2 N–H and O–H groups in total. The molecule has 0 saturated heterocycles. The van der Waals surface area contributed by atoms with Crippen molar-refractivity contribution in [1.29, 1.82) is 0 Å². The molecule has 0 radical (unpaired) electrons. The van der Waals surface area contributed by atoms with Crippen LogP contribution in [-0.4, -0.2) is 23.3 Å². The van der Waals surface area contributed by atoms with Crippen molar-refractivity contribution in [3.8, 4) is 0 Å². The highest BCUT2D eigenvalue weighted by Crippen LogP contribution is 2.38. The maximum absolute atomic E-state index is 13.4. The van der Waals surface area contributed by atoms with E-state index < -0.39 is 0 Å². The summed E-state index contributed by atoms with van der Waals surface area (Å²) < 4.78 is 10.8. The third-order valence-electron chi connectivity index (χ3n) is 5.95. The number of nitrogens with zero attached hydrogens (tertiary/aromatic N) is 1. The number of carbonyl (C=O) groups excluding carboxylic acids is 2. The van der Waals surface area contributed by atoms with E-state index in [9.17, 15) is 9.59 Å². The SMILES string of the molecule is CC1CC(=Cc2ccco2)c2nc3ccccc3c(C(=O)NCC(=O)NCc3ccco3)c2C1. The van der Waals surface area contributed by atoms with Gasteiger partial charge in [-0.2, -0.15) is 0 Å². The molecule has 1 atom stereocenters. The number of pyridine rings is 1. The van der Waals surface area contributed by atoms with Crippen molar-refractivity contribution in [2.45, 2.75) is 26.3 Å². The Labute approximate surface area is 196 Å². The summed E-state index contributed by atoms with van der Waals surface area (Å²) in [7, 11) is 0. The van der Waals surface area contributed by atoms with Gasteiger partial charge in [-0.25, -0.2) is 4.98 Å². The van der Waals surface area contributed by atoms with Crippen LogP contribution < -0.4 is 10.6 Å². The van der Waals surface area contributed by atoms with Crippen LogP contribution in [0.1, 0.15) is 46.5 Å². The fourth-order valence-corrected chi connectivity index (χ4v) is 4.45. The van der Waals surface area contributed by atoms with Gasteiger partial charge in [-0.3, -0.25) is 9.59 Å². The van der Waals surface area contributed by atoms with E-state index >= 15 is 0 Å². The van der Waals surface area contributed by atoms with Gasteiger partial charge in [-0.1, -0.05) is 25.1 Å². The molecule has 5 rings (SSSR count). The van der Waals surface area contributed by atoms with Crippen molar-refractivity contribution in [3.63, 3.8) is 0 Å². The van der Waals surface area contributed by atoms with E-state index in [0.717, 1.165) is 46.3 Å². The van der Waals surface area contributed by atoms with Gasteiger partial charge in [0.25, 0.3) is 5.91 Å². The smallest absolute Gasteiger partial charge is 0.252 e. The molecular formula is C27H25N3O4. The molecule has 7 nitrogen and oxygen atoms in total. The van der Waals surface area contributed by atoms with E-state index in [1.54, 1.807) is 24.7 Å². The lowest BCUT2D eigenvalue weighted by atomic mass is 9.80. The van der Waals surface area contributed by atoms with Crippen LogP contribution in [0.25, 0.3) is 22.6 Å². The van der Waals surface area contributed by atoms with Gasteiger partial charge in [0.15, 0.2) is 0 Å². The first-order valence-corrected chi connectivity index (χ1v) is 11.3. The first kappa shape index (κ1) is 21.7. The monoisotopic (exact) mass is 455 g/mol. The summed E-state index contributed by atoms with van der Waals surface area (Å²) in [5.41, 5.74) is 4.09. The number of benzene rings is 1. The van der Waals surface area contributed by atoms with Crippen molar-refractivity contribution in [3.05, 3.63) is 89.4 Å². The predicted molar refractivity (Wildman–Crippen MR) is 129 cm³/mol. The summed E-state index contributed by atoms with van der Waals surface area (Å²) in [6.45, 7) is 2.31. The number of aromatic nitrogens is 1. The molecule has 1 aliphatic carbocycles. The zero-order chi connectivity index (χ0) is 23.5. The van der Waals surface area contributed by atoms with Crippen LogP contribution in [0.4, 0.5) is 0 Å². The fourth-order valence-electron chi connectivity index (χ4n) is 4.45. The highest BCUT2D eigenvalue weighted by atomic mass is 16.3. The minimum Gasteiger partial charge on any atom is -0.467 e. The maximum atomic E-state index is 13.4. The molecule has 0 bridgehead atoms. The van der Waals surface area contributed by atoms with Crippen LogP contribution in [0.5, 0.6) is 0 Å². The summed E-state index contributed by atoms with van der Waals surface area (Å²) in [6, 6.07) is 14.9. The Morgan fingerprint density at radius 2 is 1.85 bits per heavy atom. The number of para-hydroxylation sites is 1. The molecular weight excluding hydrogens is 430 g/mol. The Morgan fingerprint density at radius 3 is 2.65 bits per heavy atom. The van der Waals surface area contributed by atoms with Gasteiger partial charge in [0.1, 0.15) is 11.5 Å². The highest BCUT2D eigenvalue weighted by Gasteiger charge is 2.28. The molecule has 7 heteroatoms. The average molecular weight is 456 g/mol. The van der Waals surface area contributed by atoms with Crippen LogP contribution in [0.15, 0.2) is 69.9 Å². The number of amides is 2. The van der Waals surface area contributed by atoms with Crippen molar-refractivity contribution < 1.29 is 18.4 Å². The van der Waals surface area contributed by atoms with E-state index in [1.165, 1.54) is 0 Å². The first-order chi connectivity index (χ1) is 16.6. The molecule has 0 fully saturated rings. The van der Waals surface area contributed by atoms with Gasteiger partial charge in [0.05, 0.1) is 42.4 Å².